The molecule has 4 nitrogen and oxygen atoms in total. The van der Waals surface area contributed by atoms with Crippen molar-refractivity contribution in [1.29, 1.82) is 0 Å². The largest absolute Gasteiger partial charge is 0.497 e. The van der Waals surface area contributed by atoms with E-state index in [2.05, 4.69) is 28.4 Å². The first-order valence-corrected chi connectivity index (χ1v) is 8.94. The number of ether oxygens (including phenoxy) is 2. The number of thiocarbonyl (C=S) groups is 1. The molecule has 3 rings (SSSR count). The summed E-state index contributed by atoms with van der Waals surface area (Å²) in [6.07, 6.45) is 2.18. The van der Waals surface area contributed by atoms with Gasteiger partial charge in [0, 0.05) is 24.7 Å². The van der Waals surface area contributed by atoms with Crippen molar-refractivity contribution in [3.63, 3.8) is 0 Å². The molecule has 2 aromatic carbocycles. The van der Waals surface area contributed by atoms with Crippen molar-refractivity contribution in [3.05, 3.63) is 59.7 Å². The quantitative estimate of drug-likeness (QED) is 0.822. The van der Waals surface area contributed by atoms with Crippen molar-refractivity contribution in [2.24, 2.45) is 0 Å². The first kappa shape index (κ1) is 17.5. The van der Waals surface area contributed by atoms with Gasteiger partial charge in [0.25, 0.3) is 0 Å². The number of hydrogen-bond donors (Lipinski definition) is 1. The lowest BCUT2D eigenvalue weighted by molar-refractivity contribution is 0.357. The van der Waals surface area contributed by atoms with E-state index in [0.29, 0.717) is 0 Å². The molecular formula is C20H24N2O2S. The van der Waals surface area contributed by atoms with Crippen LogP contribution in [0.25, 0.3) is 0 Å². The van der Waals surface area contributed by atoms with Gasteiger partial charge in [-0.2, -0.15) is 0 Å². The second-order valence-electron chi connectivity index (χ2n) is 6.10. The van der Waals surface area contributed by atoms with Crippen molar-refractivity contribution in [2.75, 3.05) is 20.8 Å². The molecule has 2 aromatic rings. The first-order valence-electron chi connectivity index (χ1n) is 8.53. The molecule has 0 aliphatic carbocycles. The molecule has 1 aliphatic heterocycles. The average molecular weight is 356 g/mol. The van der Waals surface area contributed by atoms with Crippen molar-refractivity contribution in [2.45, 2.75) is 25.4 Å². The zero-order chi connectivity index (χ0) is 17.6. The van der Waals surface area contributed by atoms with Gasteiger partial charge in [-0.3, -0.25) is 0 Å². The highest BCUT2D eigenvalue weighted by Gasteiger charge is 2.30. The van der Waals surface area contributed by atoms with E-state index in [0.717, 1.165) is 48.1 Å². The van der Waals surface area contributed by atoms with Crippen LogP contribution in [0.4, 0.5) is 0 Å². The second kappa shape index (κ2) is 8.21. The van der Waals surface area contributed by atoms with Gasteiger partial charge in [0.05, 0.1) is 20.3 Å². The summed E-state index contributed by atoms with van der Waals surface area (Å²) in [6.45, 7) is 1.70. The van der Waals surface area contributed by atoms with E-state index < -0.39 is 0 Å². The standard InChI is InChI=1S/C20H24N2O2S/c1-23-16-10-11-17(19(13-16)24-2)18-9-6-12-22(18)20(25)21-14-15-7-4-3-5-8-15/h3-5,7-8,10-11,13,18H,6,9,12,14H2,1-2H3,(H,21,25)/t18-/m0/s1. The van der Waals surface area contributed by atoms with Gasteiger partial charge in [0.2, 0.25) is 0 Å². The topological polar surface area (TPSA) is 33.7 Å². The van der Waals surface area contributed by atoms with Crippen LogP contribution in [0.3, 0.4) is 0 Å². The second-order valence-corrected chi connectivity index (χ2v) is 6.49. The van der Waals surface area contributed by atoms with Crippen LogP contribution in [0, 0.1) is 0 Å². The summed E-state index contributed by atoms with van der Waals surface area (Å²) in [7, 11) is 3.36. The van der Waals surface area contributed by atoms with Crippen molar-refractivity contribution in [1.82, 2.24) is 10.2 Å². The number of nitrogens with one attached hydrogen (secondary N) is 1. The fourth-order valence-corrected chi connectivity index (χ4v) is 3.59. The summed E-state index contributed by atoms with van der Waals surface area (Å²) in [6, 6.07) is 16.5. The molecule has 0 aromatic heterocycles. The van der Waals surface area contributed by atoms with Crippen molar-refractivity contribution < 1.29 is 9.47 Å². The Balaban J connectivity index is 1.73. The third kappa shape index (κ3) is 4.04. The van der Waals surface area contributed by atoms with Gasteiger partial charge < -0.3 is 19.7 Å². The molecule has 0 amide bonds. The summed E-state index contributed by atoms with van der Waals surface area (Å²) in [5.74, 6) is 1.65. The lowest BCUT2D eigenvalue weighted by atomic mass is 10.0. The Hall–Kier alpha value is -2.27. The van der Waals surface area contributed by atoms with E-state index in [-0.39, 0.29) is 6.04 Å². The normalized spacial score (nSPS) is 16.6. The van der Waals surface area contributed by atoms with Gasteiger partial charge in [-0.25, -0.2) is 0 Å². The number of benzene rings is 2. The molecule has 25 heavy (non-hydrogen) atoms. The van der Waals surface area contributed by atoms with Gasteiger partial charge in [-0.15, -0.1) is 0 Å². The summed E-state index contributed by atoms with van der Waals surface area (Å²) < 4.78 is 10.9. The van der Waals surface area contributed by atoms with Crippen LogP contribution in [0.1, 0.15) is 30.0 Å². The maximum absolute atomic E-state index is 5.67. The SMILES string of the molecule is COc1ccc([C@@H]2CCCN2C(=S)NCc2ccccc2)c(OC)c1. The summed E-state index contributed by atoms with van der Waals surface area (Å²) in [5.41, 5.74) is 2.38. The smallest absolute Gasteiger partial charge is 0.169 e. The van der Waals surface area contributed by atoms with Crippen LogP contribution in [0.15, 0.2) is 48.5 Å². The molecule has 1 fully saturated rings. The third-order valence-electron chi connectivity index (χ3n) is 4.60. The van der Waals surface area contributed by atoms with E-state index in [4.69, 9.17) is 21.7 Å². The molecule has 1 saturated heterocycles. The first-order chi connectivity index (χ1) is 12.2. The number of likely N-dealkylation sites (tertiary alicyclic amines) is 1. The molecule has 0 bridgehead atoms. The van der Waals surface area contributed by atoms with E-state index in [1.807, 2.05) is 30.3 Å². The zero-order valence-electron chi connectivity index (χ0n) is 14.7. The lowest BCUT2D eigenvalue weighted by Crippen LogP contribution is -2.39. The summed E-state index contributed by atoms with van der Waals surface area (Å²) in [5, 5.41) is 4.19. The Morgan fingerprint density at radius 3 is 2.68 bits per heavy atom. The van der Waals surface area contributed by atoms with E-state index in [1.165, 1.54) is 5.56 Å². The highest BCUT2D eigenvalue weighted by Crippen LogP contribution is 2.38. The molecule has 5 heteroatoms. The molecule has 132 valence electrons. The summed E-state index contributed by atoms with van der Waals surface area (Å²) >= 11 is 5.67. The minimum Gasteiger partial charge on any atom is -0.497 e. The fraction of sp³-hybridized carbons (Fsp3) is 0.350. The molecule has 0 unspecified atom stereocenters. The van der Waals surface area contributed by atoms with Crippen LogP contribution in [0.2, 0.25) is 0 Å². The molecule has 1 atom stereocenters. The lowest BCUT2D eigenvalue weighted by Gasteiger charge is -2.29. The van der Waals surface area contributed by atoms with Gasteiger partial charge in [0.15, 0.2) is 5.11 Å². The van der Waals surface area contributed by atoms with E-state index >= 15 is 0 Å². The van der Waals surface area contributed by atoms with Gasteiger partial charge in [-0.05, 0) is 42.8 Å². The zero-order valence-corrected chi connectivity index (χ0v) is 15.5. The average Bonchev–Trinajstić information content (AvgIpc) is 3.16. The predicted octanol–water partition coefficient (Wildman–Crippen LogP) is 3.92. The highest BCUT2D eigenvalue weighted by atomic mass is 32.1. The van der Waals surface area contributed by atoms with Crippen LogP contribution < -0.4 is 14.8 Å². The molecule has 1 N–H and O–H groups in total. The summed E-state index contributed by atoms with van der Waals surface area (Å²) in [4.78, 5) is 2.27. The van der Waals surface area contributed by atoms with Crippen LogP contribution in [-0.4, -0.2) is 30.8 Å². The predicted molar refractivity (Wildman–Crippen MR) is 104 cm³/mol. The Morgan fingerprint density at radius 1 is 1.16 bits per heavy atom. The molecule has 1 heterocycles. The number of rotatable bonds is 5. The minimum absolute atomic E-state index is 0.233. The number of nitrogens with zero attached hydrogens (tertiary/aromatic N) is 1. The number of hydrogen-bond acceptors (Lipinski definition) is 3. The highest BCUT2D eigenvalue weighted by molar-refractivity contribution is 7.80. The molecule has 1 aliphatic rings. The maximum Gasteiger partial charge on any atom is 0.169 e. The molecular weight excluding hydrogens is 332 g/mol. The third-order valence-corrected chi connectivity index (χ3v) is 4.98. The Morgan fingerprint density at radius 2 is 1.96 bits per heavy atom. The monoisotopic (exact) mass is 356 g/mol. The van der Waals surface area contributed by atoms with Gasteiger partial charge >= 0.3 is 0 Å². The Kier molecular flexibility index (Phi) is 5.76. The van der Waals surface area contributed by atoms with Crippen LogP contribution in [0.5, 0.6) is 11.5 Å². The Labute approximate surface area is 154 Å². The van der Waals surface area contributed by atoms with E-state index in [1.54, 1.807) is 14.2 Å². The fourth-order valence-electron chi connectivity index (χ4n) is 3.30. The van der Waals surface area contributed by atoms with Crippen LogP contribution in [-0.2, 0) is 6.54 Å². The Bertz CT molecular complexity index is 721. The van der Waals surface area contributed by atoms with Gasteiger partial charge in [-0.1, -0.05) is 30.3 Å². The molecule has 0 saturated carbocycles. The minimum atomic E-state index is 0.233. The van der Waals surface area contributed by atoms with Crippen molar-refractivity contribution in [3.8, 4) is 11.5 Å². The molecule has 0 radical (unpaired) electrons. The van der Waals surface area contributed by atoms with Gasteiger partial charge in [0.1, 0.15) is 11.5 Å². The van der Waals surface area contributed by atoms with E-state index in [9.17, 15) is 0 Å². The maximum atomic E-state index is 5.67. The molecule has 0 spiro atoms. The number of methoxy groups -OCH3 is 2. The van der Waals surface area contributed by atoms with Crippen LogP contribution >= 0.6 is 12.2 Å². The van der Waals surface area contributed by atoms with Crippen molar-refractivity contribution >= 4 is 17.3 Å².